The second-order valence-corrected chi connectivity index (χ2v) is 7.04. The van der Waals surface area contributed by atoms with E-state index in [0.717, 1.165) is 18.4 Å². The molecule has 1 saturated carbocycles. The average molecular weight is 287 g/mol. The Morgan fingerprint density at radius 1 is 1.00 bits per heavy atom. The molecule has 1 aliphatic rings. The fourth-order valence-corrected chi connectivity index (χ4v) is 3.98. The van der Waals surface area contributed by atoms with Crippen LogP contribution in [-0.2, 0) is 0 Å². The summed E-state index contributed by atoms with van der Waals surface area (Å²) in [6, 6.07) is 7.63. The topological polar surface area (TPSA) is 12.0 Å². The standard InChI is InChI=1S/C20H33N/c1-5-11-21-20(18-9-7-17(6-2)8-10-18)19-13-15(3)12-16(4)14-19/h12-14,17-18,20-21H,5-11H2,1-4H3. The van der Waals surface area contributed by atoms with Crippen molar-refractivity contribution in [3.63, 3.8) is 0 Å². The van der Waals surface area contributed by atoms with Crippen LogP contribution in [0.5, 0.6) is 0 Å². The molecule has 1 heteroatoms. The first-order chi connectivity index (χ1) is 10.1. The molecule has 0 aromatic heterocycles. The van der Waals surface area contributed by atoms with Crippen LogP contribution in [0.15, 0.2) is 18.2 Å². The largest absolute Gasteiger partial charge is 0.310 e. The first-order valence-electron chi connectivity index (χ1n) is 8.95. The lowest BCUT2D eigenvalue weighted by Gasteiger charge is -2.35. The van der Waals surface area contributed by atoms with Crippen molar-refractivity contribution < 1.29 is 0 Å². The number of nitrogens with one attached hydrogen (secondary N) is 1. The normalized spacial score (nSPS) is 24.0. The van der Waals surface area contributed by atoms with E-state index in [2.05, 4.69) is 51.2 Å². The van der Waals surface area contributed by atoms with E-state index in [1.54, 1.807) is 0 Å². The van der Waals surface area contributed by atoms with Crippen LogP contribution < -0.4 is 5.32 Å². The second-order valence-electron chi connectivity index (χ2n) is 7.04. The van der Waals surface area contributed by atoms with Crippen molar-refractivity contribution in [1.82, 2.24) is 5.32 Å². The van der Waals surface area contributed by atoms with Crippen LogP contribution in [0.4, 0.5) is 0 Å². The van der Waals surface area contributed by atoms with Crippen LogP contribution in [0.2, 0.25) is 0 Å². The molecule has 0 amide bonds. The summed E-state index contributed by atoms with van der Waals surface area (Å²) in [6.45, 7) is 10.2. The fraction of sp³-hybridized carbons (Fsp3) is 0.700. The van der Waals surface area contributed by atoms with Gasteiger partial charge in [-0.25, -0.2) is 0 Å². The zero-order valence-electron chi connectivity index (χ0n) is 14.4. The number of hydrogen-bond acceptors (Lipinski definition) is 1. The Morgan fingerprint density at radius 3 is 2.14 bits per heavy atom. The van der Waals surface area contributed by atoms with Gasteiger partial charge in [0.1, 0.15) is 0 Å². The number of benzene rings is 1. The van der Waals surface area contributed by atoms with Gasteiger partial charge in [-0.1, -0.05) is 62.4 Å². The predicted molar refractivity (Wildman–Crippen MR) is 92.7 cm³/mol. The molecule has 0 aliphatic heterocycles. The van der Waals surface area contributed by atoms with Crippen LogP contribution in [0.25, 0.3) is 0 Å². The van der Waals surface area contributed by atoms with Crippen LogP contribution in [0, 0.1) is 25.7 Å². The Kier molecular flexibility index (Phi) is 6.29. The summed E-state index contributed by atoms with van der Waals surface area (Å²) in [5.41, 5.74) is 4.31. The van der Waals surface area contributed by atoms with Gasteiger partial charge in [-0.05, 0) is 57.1 Å². The summed E-state index contributed by atoms with van der Waals surface area (Å²) in [5.74, 6) is 1.80. The van der Waals surface area contributed by atoms with E-state index in [4.69, 9.17) is 0 Å². The van der Waals surface area contributed by atoms with E-state index in [-0.39, 0.29) is 0 Å². The quantitative estimate of drug-likeness (QED) is 0.722. The summed E-state index contributed by atoms with van der Waals surface area (Å²) < 4.78 is 0. The summed E-state index contributed by atoms with van der Waals surface area (Å²) in [6.07, 6.45) is 8.22. The SMILES string of the molecule is CCCNC(c1cc(C)cc(C)c1)C1CCC(CC)CC1. The number of aryl methyl sites for hydroxylation is 2. The monoisotopic (exact) mass is 287 g/mol. The Hall–Kier alpha value is -0.820. The van der Waals surface area contributed by atoms with E-state index in [0.29, 0.717) is 6.04 Å². The summed E-state index contributed by atoms with van der Waals surface area (Å²) in [4.78, 5) is 0. The average Bonchev–Trinajstić information content (AvgIpc) is 2.47. The lowest BCUT2D eigenvalue weighted by Crippen LogP contribution is -2.31. The zero-order valence-corrected chi connectivity index (χ0v) is 14.4. The Morgan fingerprint density at radius 2 is 1.62 bits per heavy atom. The molecule has 1 aromatic carbocycles. The zero-order chi connectivity index (χ0) is 15.2. The highest BCUT2D eigenvalue weighted by molar-refractivity contribution is 5.31. The van der Waals surface area contributed by atoms with Crippen LogP contribution in [-0.4, -0.2) is 6.54 Å². The summed E-state index contributed by atoms with van der Waals surface area (Å²) in [7, 11) is 0. The van der Waals surface area contributed by atoms with Crippen LogP contribution >= 0.6 is 0 Å². The molecule has 1 aliphatic carbocycles. The Balaban J connectivity index is 2.14. The van der Waals surface area contributed by atoms with Gasteiger partial charge in [0.25, 0.3) is 0 Å². The molecule has 0 bridgehead atoms. The molecule has 1 nitrogen and oxygen atoms in total. The first-order valence-corrected chi connectivity index (χ1v) is 8.95. The second kappa shape index (κ2) is 7.98. The van der Waals surface area contributed by atoms with Gasteiger partial charge < -0.3 is 5.32 Å². The third kappa shape index (κ3) is 4.57. The molecule has 0 heterocycles. The molecule has 1 fully saturated rings. The minimum atomic E-state index is 0.557. The highest BCUT2D eigenvalue weighted by Crippen LogP contribution is 2.38. The lowest BCUT2D eigenvalue weighted by atomic mass is 9.75. The van der Waals surface area contributed by atoms with Crippen molar-refractivity contribution in [2.24, 2.45) is 11.8 Å². The van der Waals surface area contributed by atoms with Crippen molar-refractivity contribution in [3.05, 3.63) is 34.9 Å². The van der Waals surface area contributed by atoms with Crippen LogP contribution in [0.3, 0.4) is 0 Å². The molecule has 2 rings (SSSR count). The van der Waals surface area contributed by atoms with E-state index in [9.17, 15) is 0 Å². The predicted octanol–water partition coefficient (Wildman–Crippen LogP) is 5.56. The van der Waals surface area contributed by atoms with E-state index >= 15 is 0 Å². The third-order valence-electron chi connectivity index (χ3n) is 5.16. The molecule has 0 spiro atoms. The molecule has 1 atom stereocenters. The first kappa shape index (κ1) is 16.5. The third-order valence-corrected chi connectivity index (χ3v) is 5.16. The maximum absolute atomic E-state index is 3.84. The number of hydrogen-bond donors (Lipinski definition) is 1. The molecular formula is C20H33N. The molecule has 1 N–H and O–H groups in total. The molecule has 118 valence electrons. The van der Waals surface area contributed by atoms with E-state index < -0.39 is 0 Å². The molecular weight excluding hydrogens is 254 g/mol. The smallest absolute Gasteiger partial charge is 0.0348 e. The van der Waals surface area contributed by atoms with E-state index in [1.807, 2.05) is 0 Å². The molecule has 0 radical (unpaired) electrons. The van der Waals surface area contributed by atoms with Gasteiger partial charge in [0, 0.05) is 6.04 Å². The fourth-order valence-electron chi connectivity index (χ4n) is 3.98. The van der Waals surface area contributed by atoms with Gasteiger partial charge in [0.15, 0.2) is 0 Å². The molecule has 1 unspecified atom stereocenters. The summed E-state index contributed by atoms with van der Waals surface area (Å²) in [5, 5.41) is 3.84. The van der Waals surface area contributed by atoms with Crippen molar-refractivity contribution in [2.45, 2.75) is 72.3 Å². The van der Waals surface area contributed by atoms with Gasteiger partial charge in [0.2, 0.25) is 0 Å². The van der Waals surface area contributed by atoms with Crippen molar-refractivity contribution in [2.75, 3.05) is 6.54 Å². The molecule has 1 aromatic rings. The van der Waals surface area contributed by atoms with Crippen molar-refractivity contribution in [1.29, 1.82) is 0 Å². The minimum absolute atomic E-state index is 0.557. The number of rotatable bonds is 6. The molecule has 0 saturated heterocycles. The maximum atomic E-state index is 3.84. The van der Waals surface area contributed by atoms with Crippen molar-refractivity contribution >= 4 is 0 Å². The van der Waals surface area contributed by atoms with Crippen LogP contribution in [0.1, 0.15) is 75.1 Å². The maximum Gasteiger partial charge on any atom is 0.0348 e. The lowest BCUT2D eigenvalue weighted by molar-refractivity contribution is 0.218. The van der Waals surface area contributed by atoms with Gasteiger partial charge in [0.05, 0.1) is 0 Å². The summed E-state index contributed by atoms with van der Waals surface area (Å²) >= 11 is 0. The van der Waals surface area contributed by atoms with Crippen molar-refractivity contribution in [3.8, 4) is 0 Å². The Bertz CT molecular complexity index is 409. The highest BCUT2D eigenvalue weighted by atomic mass is 14.9. The van der Waals surface area contributed by atoms with Gasteiger partial charge in [-0.3, -0.25) is 0 Å². The molecule has 21 heavy (non-hydrogen) atoms. The minimum Gasteiger partial charge on any atom is -0.310 e. The highest BCUT2D eigenvalue weighted by Gasteiger charge is 2.27. The van der Waals surface area contributed by atoms with Gasteiger partial charge in [-0.15, -0.1) is 0 Å². The Labute approximate surface area is 131 Å². The van der Waals surface area contributed by atoms with E-state index in [1.165, 1.54) is 55.2 Å². The van der Waals surface area contributed by atoms with Gasteiger partial charge in [-0.2, -0.15) is 0 Å². The van der Waals surface area contributed by atoms with Gasteiger partial charge >= 0.3 is 0 Å².